The predicted molar refractivity (Wildman–Crippen MR) is 493 cm³/mol. The maximum Gasteiger partial charge on any atom is 0.0825 e. The monoisotopic (exact) mass is 1620 g/mol. The minimum atomic E-state index is 0.502. The number of piperidine rings is 1. The van der Waals surface area contributed by atoms with Crippen molar-refractivity contribution in [2.24, 2.45) is 5.92 Å². The molecule has 19 nitrogen and oxygen atoms in total. The standard InChI is InChI=1S/C12H24N2O.4C11H22N2.3C10H20N2.C10H22N2/c1-10(2)13-6-4-11(5-7-13)14-8-12(9-14)15-3;3*1-10(2)12-7-8-13-6-4-5-11(13,3)9-12;1-10(2)13-8-5-11(9-13)12-6-3-4-7-12;3*1-9(2)12-7-6-11-5-3-4-10(11)8-12;1-8(2)10-7-12(9(3)4)6-5-11-10/h10-12H,4-9H2,1-3H3;3*10H,4-9H2,1-3H3;10-11H,3-9H2,1-2H3;3*9-10H,3-8H2,1-2H3;8-11H,5-7H2,1-4H3/t;2*11-;;11-;2*10-;;/m.10.110../s1. The third-order valence-corrected chi connectivity index (χ3v) is 31.9. The number of nitrogens with zero attached hydrogens (tertiary/aromatic N) is 17. The molecule has 0 aromatic carbocycles. The number of piperazine rings is 7. The van der Waals surface area contributed by atoms with Gasteiger partial charge in [-0.15, -0.1) is 0 Å². The molecule has 17 saturated heterocycles. The third kappa shape index (κ3) is 29.2. The smallest absolute Gasteiger partial charge is 0.0825 e. The molecule has 0 spiro atoms. The Morgan fingerprint density at radius 2 is 0.539 bits per heavy atom. The van der Waals surface area contributed by atoms with E-state index in [0.29, 0.717) is 40.8 Å². The highest BCUT2D eigenvalue weighted by atomic mass is 16.5. The highest BCUT2D eigenvalue weighted by Gasteiger charge is 2.45. The number of likely N-dealkylation sites (tertiary alicyclic amines) is 4. The Balaban J connectivity index is 0.000000148. The summed E-state index contributed by atoms with van der Waals surface area (Å²) in [5, 5.41) is 3.56. The largest absolute Gasteiger partial charge is 0.379 e. The molecular weight excluding hydrogens is 1420 g/mol. The molecule has 674 valence electrons. The van der Waals surface area contributed by atoms with E-state index in [0.717, 1.165) is 98.1 Å². The molecule has 8 atom stereocenters. The first kappa shape index (κ1) is 98.0. The van der Waals surface area contributed by atoms with Crippen LogP contribution in [0.1, 0.15) is 268 Å². The van der Waals surface area contributed by atoms with E-state index in [-0.39, 0.29) is 0 Å². The molecule has 0 aromatic heterocycles. The molecule has 1 N–H and O–H groups in total. The second kappa shape index (κ2) is 47.5. The molecule has 0 aromatic rings. The number of hydrogen-bond acceptors (Lipinski definition) is 19. The van der Waals surface area contributed by atoms with Crippen LogP contribution >= 0.6 is 0 Å². The van der Waals surface area contributed by atoms with E-state index in [9.17, 15) is 0 Å². The lowest BCUT2D eigenvalue weighted by Gasteiger charge is -2.47. The summed E-state index contributed by atoms with van der Waals surface area (Å²) in [5.74, 6) is 0.756. The van der Waals surface area contributed by atoms with Crippen molar-refractivity contribution in [2.75, 3.05) is 236 Å². The number of fused-ring (bicyclic) bond motifs is 6. The molecule has 0 bridgehead atoms. The zero-order valence-corrected chi connectivity index (χ0v) is 80.6. The van der Waals surface area contributed by atoms with Gasteiger partial charge in [0.2, 0.25) is 0 Å². The molecule has 0 amide bonds. The Bertz CT molecular complexity index is 2410. The average molecular weight is 1620 g/mol. The molecule has 17 heterocycles. The van der Waals surface area contributed by atoms with Crippen LogP contribution in [0.15, 0.2) is 0 Å². The highest BCUT2D eigenvalue weighted by molar-refractivity contribution is 5.02. The summed E-state index contributed by atoms with van der Waals surface area (Å²) in [4.78, 5) is 44.8. The van der Waals surface area contributed by atoms with Gasteiger partial charge in [0.1, 0.15) is 0 Å². The minimum absolute atomic E-state index is 0.502. The van der Waals surface area contributed by atoms with Crippen LogP contribution in [0.4, 0.5) is 0 Å². The van der Waals surface area contributed by atoms with Crippen molar-refractivity contribution in [1.82, 2.24) is 88.6 Å². The van der Waals surface area contributed by atoms with Crippen LogP contribution < -0.4 is 5.32 Å². The molecule has 115 heavy (non-hydrogen) atoms. The van der Waals surface area contributed by atoms with Crippen LogP contribution in [0.3, 0.4) is 0 Å². The number of hydrogen-bond donors (Lipinski definition) is 1. The van der Waals surface area contributed by atoms with Crippen LogP contribution in [0.5, 0.6) is 0 Å². The van der Waals surface area contributed by atoms with E-state index in [1.807, 2.05) is 7.11 Å². The summed E-state index contributed by atoms with van der Waals surface area (Å²) in [6.07, 6.45) is 24.4. The van der Waals surface area contributed by atoms with Gasteiger partial charge in [-0.2, -0.15) is 0 Å². The lowest BCUT2D eigenvalue weighted by atomic mass is 9.95. The fourth-order valence-electron chi connectivity index (χ4n) is 23.0. The molecule has 19 heteroatoms. The predicted octanol–water partition coefficient (Wildman–Crippen LogP) is 12.3. The van der Waals surface area contributed by atoms with E-state index < -0.39 is 0 Å². The van der Waals surface area contributed by atoms with Gasteiger partial charge in [-0.25, -0.2) is 0 Å². The average Bonchev–Trinajstić information content (AvgIpc) is 1.69. The second-order valence-electron chi connectivity index (χ2n) is 43.1. The van der Waals surface area contributed by atoms with E-state index in [4.69, 9.17) is 4.74 Å². The van der Waals surface area contributed by atoms with E-state index >= 15 is 0 Å². The summed E-state index contributed by atoms with van der Waals surface area (Å²) >= 11 is 0. The second-order valence-corrected chi connectivity index (χ2v) is 43.1. The van der Waals surface area contributed by atoms with Crippen LogP contribution in [-0.4, -0.2) is 433 Å². The molecule has 17 fully saturated rings. The Morgan fingerprint density at radius 1 is 0.252 bits per heavy atom. The Morgan fingerprint density at radius 3 is 0.861 bits per heavy atom. The van der Waals surface area contributed by atoms with Crippen LogP contribution in [0.25, 0.3) is 0 Å². The number of nitrogens with one attached hydrogen (secondary N) is 1. The molecule has 17 aliphatic rings. The van der Waals surface area contributed by atoms with E-state index in [1.54, 1.807) is 0 Å². The number of rotatable bonds is 13. The molecular formula is C96H194N18O. The fraction of sp³-hybridized carbons (Fsp3) is 1.00. The van der Waals surface area contributed by atoms with Crippen molar-refractivity contribution in [3.05, 3.63) is 0 Å². The van der Waals surface area contributed by atoms with E-state index in [2.05, 4.69) is 248 Å². The number of methoxy groups -OCH3 is 1. The summed E-state index contributed by atoms with van der Waals surface area (Å²) in [6.45, 7) is 98.5. The molecule has 3 unspecified atom stereocenters. The quantitative estimate of drug-likeness (QED) is 0.190. The van der Waals surface area contributed by atoms with Gasteiger partial charge in [0.25, 0.3) is 0 Å². The van der Waals surface area contributed by atoms with Crippen molar-refractivity contribution >= 4 is 0 Å². The van der Waals surface area contributed by atoms with Crippen molar-refractivity contribution in [3.8, 4) is 0 Å². The Hall–Kier alpha value is -0.760. The number of ether oxygens (including phenoxy) is 1. The van der Waals surface area contributed by atoms with Gasteiger partial charge >= 0.3 is 0 Å². The third-order valence-electron chi connectivity index (χ3n) is 31.9. The highest BCUT2D eigenvalue weighted by Crippen LogP contribution is 2.36. The van der Waals surface area contributed by atoms with Crippen LogP contribution in [-0.2, 0) is 4.74 Å². The first-order chi connectivity index (χ1) is 54.7. The topological polar surface area (TPSA) is 76.3 Å². The SMILES string of the molecule is CC(C)C1CN(C(C)C)CCN1.CC(C)N1CCN2CCCC2(C)C1.CC(C)N1CCN2CCCC2C1.CC(C)N1CCN2CCC[C@@H]2C1.CC(C)N1CCN2CCC[C@@]2(C)C1.CC(C)N1CCN2CCC[C@H]2C1.CC(C)N1CCN2CCC[C@]2(C)C1.CC(C)N1CC[C@@H](N2CCCC2)C1.COC1CN(C2CCN(C(C)C)CC2)C1. The zero-order valence-electron chi connectivity index (χ0n) is 80.6. The van der Waals surface area contributed by atoms with Crippen molar-refractivity contribution in [1.29, 1.82) is 0 Å². The molecule has 17 aliphatic heterocycles. The minimum Gasteiger partial charge on any atom is -0.379 e. The molecule has 0 saturated carbocycles. The summed E-state index contributed by atoms with van der Waals surface area (Å²) in [6, 6.07) is 11.6. The Labute approximate surface area is 713 Å². The normalized spacial score (nSPS) is 32.8. The summed E-state index contributed by atoms with van der Waals surface area (Å²) in [5.41, 5.74) is 1.51. The van der Waals surface area contributed by atoms with Gasteiger partial charge in [0.15, 0.2) is 0 Å². The zero-order chi connectivity index (χ0) is 83.3. The molecule has 0 radical (unpaired) electrons. The maximum absolute atomic E-state index is 5.31. The van der Waals surface area contributed by atoms with Crippen molar-refractivity contribution in [2.45, 2.75) is 382 Å². The van der Waals surface area contributed by atoms with Gasteiger partial charge in [-0.1, -0.05) is 13.8 Å². The van der Waals surface area contributed by atoms with Crippen molar-refractivity contribution < 1.29 is 4.74 Å². The molecule has 17 rings (SSSR count). The fourth-order valence-corrected chi connectivity index (χ4v) is 23.0. The summed E-state index contributed by atoms with van der Waals surface area (Å²) < 4.78 is 5.31. The van der Waals surface area contributed by atoms with Crippen molar-refractivity contribution in [3.63, 3.8) is 0 Å². The van der Waals surface area contributed by atoms with Crippen LogP contribution in [0.2, 0.25) is 0 Å². The summed E-state index contributed by atoms with van der Waals surface area (Å²) in [7, 11) is 1.82. The Kier molecular flexibility index (Phi) is 40.5. The lowest BCUT2D eigenvalue weighted by molar-refractivity contribution is -0.0630. The van der Waals surface area contributed by atoms with E-state index in [1.165, 1.54) is 319 Å². The van der Waals surface area contributed by atoms with Gasteiger partial charge < -0.3 is 15.0 Å². The first-order valence-corrected chi connectivity index (χ1v) is 49.6. The van der Waals surface area contributed by atoms with Gasteiger partial charge in [0, 0.05) is 278 Å². The first-order valence-electron chi connectivity index (χ1n) is 49.6. The van der Waals surface area contributed by atoms with Gasteiger partial charge in [-0.05, 0) is 326 Å². The van der Waals surface area contributed by atoms with Gasteiger partial charge in [0.05, 0.1) is 6.10 Å². The van der Waals surface area contributed by atoms with Gasteiger partial charge in [-0.3, -0.25) is 78.4 Å². The maximum atomic E-state index is 5.31. The molecule has 0 aliphatic carbocycles. The lowest BCUT2D eigenvalue weighted by Crippen LogP contribution is -2.58. The van der Waals surface area contributed by atoms with Crippen LogP contribution in [0, 0.1) is 5.92 Å².